The Labute approximate surface area is 125 Å². The number of rotatable bonds is 3. The summed E-state index contributed by atoms with van der Waals surface area (Å²) in [6, 6.07) is 7.82. The fourth-order valence-corrected chi connectivity index (χ4v) is 4.67. The average molecular weight is 311 g/mol. The van der Waals surface area contributed by atoms with Gasteiger partial charge in [0.2, 0.25) is 0 Å². The molecule has 1 aromatic rings. The van der Waals surface area contributed by atoms with E-state index in [1.54, 1.807) is 0 Å². The third kappa shape index (κ3) is 3.32. The summed E-state index contributed by atoms with van der Waals surface area (Å²) >= 11 is 0. The predicted octanol–water partition coefficient (Wildman–Crippen LogP) is 1.07. The summed E-state index contributed by atoms with van der Waals surface area (Å²) in [5, 5.41) is 9.38. The number of anilines is 1. The fraction of sp³-hybridized carbons (Fsp3) is 0.600. The molecule has 0 bridgehead atoms. The Morgan fingerprint density at radius 2 is 1.95 bits per heavy atom. The van der Waals surface area contributed by atoms with Gasteiger partial charge in [0.25, 0.3) is 0 Å². The second-order valence-corrected chi connectivity index (χ2v) is 8.19. The minimum atomic E-state index is -2.82. The molecular weight excluding hydrogens is 290 g/mol. The van der Waals surface area contributed by atoms with Crippen LogP contribution in [0.2, 0.25) is 0 Å². The molecule has 6 heteroatoms. The Kier molecular flexibility index (Phi) is 4.08. The summed E-state index contributed by atoms with van der Waals surface area (Å²) in [4.78, 5) is 2.22. The first kappa shape index (κ1) is 14.7. The SMILES string of the molecule is O=S1(=O)CCC(CN2CC(CO)Oc3ccccc32)CC1. The van der Waals surface area contributed by atoms with Gasteiger partial charge in [-0.05, 0) is 30.9 Å². The van der Waals surface area contributed by atoms with Crippen LogP contribution in [0.5, 0.6) is 5.75 Å². The van der Waals surface area contributed by atoms with Crippen molar-refractivity contribution in [2.24, 2.45) is 5.92 Å². The van der Waals surface area contributed by atoms with Gasteiger partial charge in [0.1, 0.15) is 21.7 Å². The van der Waals surface area contributed by atoms with E-state index in [4.69, 9.17) is 4.74 Å². The van der Waals surface area contributed by atoms with E-state index < -0.39 is 9.84 Å². The van der Waals surface area contributed by atoms with Gasteiger partial charge in [-0.15, -0.1) is 0 Å². The summed E-state index contributed by atoms with van der Waals surface area (Å²) in [7, 11) is -2.82. The fourth-order valence-electron chi connectivity index (χ4n) is 3.08. The molecule has 0 radical (unpaired) electrons. The van der Waals surface area contributed by atoms with Crippen molar-refractivity contribution in [2.45, 2.75) is 18.9 Å². The maximum atomic E-state index is 11.5. The van der Waals surface area contributed by atoms with E-state index in [0.717, 1.165) is 30.8 Å². The maximum absolute atomic E-state index is 11.5. The van der Waals surface area contributed by atoms with E-state index in [1.807, 2.05) is 24.3 Å². The third-order valence-electron chi connectivity index (χ3n) is 4.28. The van der Waals surface area contributed by atoms with Gasteiger partial charge in [-0.2, -0.15) is 0 Å². The maximum Gasteiger partial charge on any atom is 0.150 e. The summed E-state index contributed by atoms with van der Waals surface area (Å²) in [5.41, 5.74) is 1.04. The summed E-state index contributed by atoms with van der Waals surface area (Å²) in [6.07, 6.45) is 1.24. The minimum Gasteiger partial charge on any atom is -0.484 e. The lowest BCUT2D eigenvalue weighted by molar-refractivity contribution is 0.111. The number of hydrogen-bond donors (Lipinski definition) is 1. The molecule has 1 atom stereocenters. The van der Waals surface area contributed by atoms with Gasteiger partial charge in [0, 0.05) is 6.54 Å². The van der Waals surface area contributed by atoms with Crippen molar-refractivity contribution in [1.29, 1.82) is 0 Å². The van der Waals surface area contributed by atoms with Gasteiger partial charge in [-0.3, -0.25) is 0 Å². The number of sulfone groups is 1. The highest BCUT2D eigenvalue weighted by molar-refractivity contribution is 7.91. The molecule has 1 fully saturated rings. The van der Waals surface area contributed by atoms with Crippen LogP contribution in [0.3, 0.4) is 0 Å². The van der Waals surface area contributed by atoms with E-state index in [0.29, 0.717) is 24.0 Å². The first-order valence-electron chi connectivity index (χ1n) is 7.39. The highest BCUT2D eigenvalue weighted by atomic mass is 32.2. The van der Waals surface area contributed by atoms with E-state index in [1.165, 1.54) is 0 Å². The Bertz CT molecular complexity index is 587. The van der Waals surface area contributed by atoms with Gasteiger partial charge < -0.3 is 14.7 Å². The number of hydrogen-bond acceptors (Lipinski definition) is 5. The molecule has 0 amide bonds. The number of ether oxygens (including phenoxy) is 1. The van der Waals surface area contributed by atoms with Gasteiger partial charge in [-0.25, -0.2) is 8.42 Å². The van der Waals surface area contributed by atoms with Crippen LogP contribution < -0.4 is 9.64 Å². The molecule has 0 saturated carbocycles. The van der Waals surface area contributed by atoms with Crippen LogP contribution in [0.1, 0.15) is 12.8 Å². The molecule has 21 heavy (non-hydrogen) atoms. The molecule has 1 aromatic carbocycles. The lowest BCUT2D eigenvalue weighted by Crippen LogP contribution is -2.45. The minimum absolute atomic E-state index is 0.0100. The lowest BCUT2D eigenvalue weighted by atomic mass is 10.0. The Morgan fingerprint density at radius 1 is 1.24 bits per heavy atom. The topological polar surface area (TPSA) is 66.8 Å². The smallest absolute Gasteiger partial charge is 0.150 e. The molecule has 1 saturated heterocycles. The van der Waals surface area contributed by atoms with E-state index in [2.05, 4.69) is 4.90 Å². The second kappa shape index (κ2) is 5.85. The highest BCUT2D eigenvalue weighted by Crippen LogP contribution is 2.34. The van der Waals surface area contributed by atoms with Crippen molar-refractivity contribution in [3.05, 3.63) is 24.3 Å². The van der Waals surface area contributed by atoms with Crippen LogP contribution in [0.15, 0.2) is 24.3 Å². The zero-order chi connectivity index (χ0) is 14.9. The average Bonchev–Trinajstić information content (AvgIpc) is 2.49. The number of aliphatic hydroxyl groups excluding tert-OH is 1. The number of aliphatic hydroxyl groups is 1. The van der Waals surface area contributed by atoms with Gasteiger partial charge >= 0.3 is 0 Å². The first-order valence-corrected chi connectivity index (χ1v) is 9.21. The number of benzene rings is 1. The molecule has 2 heterocycles. The van der Waals surface area contributed by atoms with Gasteiger partial charge in [0.05, 0.1) is 30.3 Å². The number of para-hydroxylation sites is 2. The van der Waals surface area contributed by atoms with Crippen molar-refractivity contribution in [3.8, 4) is 5.75 Å². The Morgan fingerprint density at radius 3 is 2.67 bits per heavy atom. The normalized spacial score (nSPS) is 25.2. The number of nitrogens with zero attached hydrogens (tertiary/aromatic N) is 1. The molecule has 5 nitrogen and oxygen atoms in total. The van der Waals surface area contributed by atoms with Crippen molar-refractivity contribution in [3.63, 3.8) is 0 Å². The quantitative estimate of drug-likeness (QED) is 0.904. The lowest BCUT2D eigenvalue weighted by Gasteiger charge is -2.38. The molecule has 0 aromatic heterocycles. The van der Waals surface area contributed by atoms with E-state index >= 15 is 0 Å². The summed E-state index contributed by atoms with van der Waals surface area (Å²) in [5.74, 6) is 1.78. The second-order valence-electron chi connectivity index (χ2n) is 5.89. The van der Waals surface area contributed by atoms with Crippen molar-refractivity contribution < 1.29 is 18.3 Å². The molecule has 2 aliphatic rings. The molecule has 2 aliphatic heterocycles. The van der Waals surface area contributed by atoms with Gasteiger partial charge in [0.15, 0.2) is 0 Å². The van der Waals surface area contributed by atoms with Crippen LogP contribution >= 0.6 is 0 Å². The molecular formula is C15H21NO4S. The molecule has 116 valence electrons. The van der Waals surface area contributed by atoms with Crippen LogP contribution in [0.25, 0.3) is 0 Å². The summed E-state index contributed by atoms with van der Waals surface area (Å²) in [6.45, 7) is 1.47. The van der Waals surface area contributed by atoms with Crippen molar-refractivity contribution in [1.82, 2.24) is 0 Å². The Hall–Kier alpha value is -1.27. The van der Waals surface area contributed by atoms with Crippen LogP contribution in [-0.4, -0.2) is 50.8 Å². The Balaban J connectivity index is 1.73. The zero-order valence-electron chi connectivity index (χ0n) is 11.9. The molecule has 0 spiro atoms. The molecule has 1 N–H and O–H groups in total. The van der Waals surface area contributed by atoms with Crippen molar-refractivity contribution in [2.75, 3.05) is 36.1 Å². The van der Waals surface area contributed by atoms with Crippen LogP contribution in [-0.2, 0) is 9.84 Å². The number of fused-ring (bicyclic) bond motifs is 1. The standard InChI is InChI=1S/C15H21NO4S/c17-11-13-10-16(14-3-1-2-4-15(14)20-13)9-12-5-7-21(18,19)8-6-12/h1-4,12-13,17H,5-11H2. The largest absolute Gasteiger partial charge is 0.484 e. The first-order chi connectivity index (χ1) is 10.1. The van der Waals surface area contributed by atoms with E-state index in [-0.39, 0.29) is 12.7 Å². The third-order valence-corrected chi connectivity index (χ3v) is 6.00. The van der Waals surface area contributed by atoms with Gasteiger partial charge in [-0.1, -0.05) is 12.1 Å². The predicted molar refractivity (Wildman–Crippen MR) is 81.5 cm³/mol. The summed E-state index contributed by atoms with van der Waals surface area (Å²) < 4.78 is 28.8. The van der Waals surface area contributed by atoms with Crippen molar-refractivity contribution >= 4 is 15.5 Å². The van der Waals surface area contributed by atoms with E-state index in [9.17, 15) is 13.5 Å². The molecule has 0 aliphatic carbocycles. The molecule has 3 rings (SSSR count). The molecule has 1 unspecified atom stereocenters. The highest BCUT2D eigenvalue weighted by Gasteiger charge is 2.29. The van der Waals surface area contributed by atoms with Crippen LogP contribution in [0, 0.1) is 5.92 Å². The zero-order valence-corrected chi connectivity index (χ0v) is 12.8. The monoisotopic (exact) mass is 311 g/mol. The van der Waals surface area contributed by atoms with Crippen LogP contribution in [0.4, 0.5) is 5.69 Å².